The van der Waals surface area contributed by atoms with Crippen molar-refractivity contribution in [2.24, 2.45) is 0 Å². The van der Waals surface area contributed by atoms with Crippen LogP contribution in [-0.4, -0.2) is 0 Å². The van der Waals surface area contributed by atoms with E-state index in [0.717, 1.165) is 83.2 Å². The van der Waals surface area contributed by atoms with E-state index in [0.29, 0.717) is 0 Å². The Labute approximate surface area is 330 Å². The fraction of sp³-hybridized carbons (Fsp3) is 0. The average molecular weight is 730 g/mol. The largest absolute Gasteiger partial charge is 0.456 e. The molecule has 0 aliphatic heterocycles. The maximum absolute atomic E-state index is 6.46. The van der Waals surface area contributed by atoms with Gasteiger partial charge in [-0.2, -0.15) is 0 Å². The molecule has 0 aliphatic carbocycles. The first-order valence-electron chi connectivity index (χ1n) is 19.3. The lowest BCUT2D eigenvalue weighted by Gasteiger charge is -2.26. The summed E-state index contributed by atoms with van der Waals surface area (Å²) in [6.07, 6.45) is 0. The van der Waals surface area contributed by atoms with E-state index in [4.69, 9.17) is 8.83 Å². The molecule has 9 aromatic carbocycles. The lowest BCUT2D eigenvalue weighted by Crippen LogP contribution is -2.10. The molecule has 0 unspecified atom stereocenters. The molecule has 11 rings (SSSR count). The van der Waals surface area contributed by atoms with Crippen molar-refractivity contribution in [3.05, 3.63) is 212 Å². The van der Waals surface area contributed by atoms with Crippen LogP contribution >= 0.6 is 0 Å². The number of anilines is 3. The van der Waals surface area contributed by atoms with Crippen LogP contribution in [0.4, 0.5) is 17.1 Å². The molecule has 0 N–H and O–H groups in total. The lowest BCUT2D eigenvalue weighted by atomic mass is 9.89. The highest BCUT2D eigenvalue weighted by Crippen LogP contribution is 2.45. The van der Waals surface area contributed by atoms with Crippen LogP contribution in [-0.2, 0) is 0 Å². The highest BCUT2D eigenvalue weighted by atomic mass is 16.3. The smallest absolute Gasteiger partial charge is 0.137 e. The number of hydrogen-bond donors (Lipinski definition) is 0. The number of fused-ring (bicyclic) bond motifs is 6. The van der Waals surface area contributed by atoms with E-state index in [1.165, 1.54) is 22.3 Å². The number of para-hydroxylation sites is 2. The van der Waals surface area contributed by atoms with E-state index >= 15 is 0 Å². The summed E-state index contributed by atoms with van der Waals surface area (Å²) < 4.78 is 12.9. The van der Waals surface area contributed by atoms with Crippen LogP contribution in [0.25, 0.3) is 88.4 Å². The van der Waals surface area contributed by atoms with Crippen molar-refractivity contribution < 1.29 is 8.83 Å². The van der Waals surface area contributed by atoms with Gasteiger partial charge in [-0.1, -0.05) is 152 Å². The summed E-state index contributed by atoms with van der Waals surface area (Å²) in [5.41, 5.74) is 15.9. The minimum atomic E-state index is 0.856. The second-order valence-electron chi connectivity index (χ2n) is 14.5. The monoisotopic (exact) mass is 729 g/mol. The number of hydrogen-bond acceptors (Lipinski definition) is 3. The normalized spacial score (nSPS) is 11.5. The van der Waals surface area contributed by atoms with Crippen molar-refractivity contribution in [1.29, 1.82) is 0 Å². The molecule has 0 saturated carbocycles. The second kappa shape index (κ2) is 13.6. The van der Waals surface area contributed by atoms with Gasteiger partial charge in [-0.05, 0) is 93.5 Å². The van der Waals surface area contributed by atoms with Crippen LogP contribution in [0.1, 0.15) is 0 Å². The molecule has 0 aliphatic rings. The van der Waals surface area contributed by atoms with Crippen LogP contribution < -0.4 is 4.90 Å². The van der Waals surface area contributed by atoms with E-state index in [1.807, 2.05) is 18.2 Å². The van der Waals surface area contributed by atoms with E-state index in [2.05, 4.69) is 199 Å². The molecule has 3 nitrogen and oxygen atoms in total. The Balaban J connectivity index is 1.09. The van der Waals surface area contributed by atoms with Gasteiger partial charge in [0.2, 0.25) is 0 Å². The van der Waals surface area contributed by atoms with E-state index in [1.54, 1.807) is 0 Å². The predicted molar refractivity (Wildman–Crippen MR) is 237 cm³/mol. The van der Waals surface area contributed by atoms with Crippen molar-refractivity contribution in [2.45, 2.75) is 0 Å². The molecule has 0 saturated heterocycles. The average Bonchev–Trinajstić information content (AvgIpc) is 3.85. The minimum Gasteiger partial charge on any atom is -0.456 e. The van der Waals surface area contributed by atoms with Gasteiger partial charge in [0.05, 0.1) is 0 Å². The van der Waals surface area contributed by atoms with Crippen LogP contribution in [0.3, 0.4) is 0 Å². The molecule has 11 aromatic rings. The zero-order valence-corrected chi connectivity index (χ0v) is 31.0. The highest BCUT2D eigenvalue weighted by molar-refractivity contribution is 6.16. The minimum absolute atomic E-state index is 0.856. The van der Waals surface area contributed by atoms with E-state index in [9.17, 15) is 0 Å². The standard InChI is InChI=1S/C54H35NO2/c1-3-12-36(13-4-1)38-22-24-40(25-23-38)53-45(32-33-51-54(53)48-19-8-10-21-50(48)56-51)41-16-11-17-43(34-41)55(42-28-26-39(27-29-42)37-14-5-2-6-15-37)44-30-31-47-46-18-7-9-20-49(46)57-52(47)35-44/h1-35H. The van der Waals surface area contributed by atoms with Crippen molar-refractivity contribution in [3.63, 3.8) is 0 Å². The molecule has 0 radical (unpaired) electrons. The summed E-state index contributed by atoms with van der Waals surface area (Å²) in [6.45, 7) is 0. The van der Waals surface area contributed by atoms with E-state index < -0.39 is 0 Å². The first-order valence-corrected chi connectivity index (χ1v) is 19.3. The predicted octanol–water partition coefficient (Wildman–Crippen LogP) is 15.6. The number of rotatable bonds is 7. The Morgan fingerprint density at radius 1 is 0.281 bits per heavy atom. The maximum atomic E-state index is 6.46. The molecule has 0 atom stereocenters. The molecule has 2 aromatic heterocycles. The molecule has 57 heavy (non-hydrogen) atoms. The van der Waals surface area contributed by atoms with Gasteiger partial charge < -0.3 is 13.7 Å². The highest BCUT2D eigenvalue weighted by Gasteiger charge is 2.20. The number of benzene rings is 9. The van der Waals surface area contributed by atoms with Crippen molar-refractivity contribution in [1.82, 2.24) is 0 Å². The van der Waals surface area contributed by atoms with Crippen molar-refractivity contribution in [3.8, 4) is 44.5 Å². The van der Waals surface area contributed by atoms with Crippen molar-refractivity contribution >= 4 is 60.9 Å². The third kappa shape index (κ3) is 5.76. The number of nitrogens with zero attached hydrogens (tertiary/aromatic N) is 1. The van der Waals surface area contributed by atoms with Gasteiger partial charge in [-0.15, -0.1) is 0 Å². The Bertz CT molecular complexity index is 3210. The van der Waals surface area contributed by atoms with Gasteiger partial charge in [0.15, 0.2) is 0 Å². The molecule has 0 amide bonds. The summed E-state index contributed by atoms with van der Waals surface area (Å²) in [5.74, 6) is 0. The quantitative estimate of drug-likeness (QED) is 0.164. The third-order valence-electron chi connectivity index (χ3n) is 11.1. The topological polar surface area (TPSA) is 29.5 Å². The Hall–Kier alpha value is -7.62. The molecule has 268 valence electrons. The lowest BCUT2D eigenvalue weighted by molar-refractivity contribution is 0.668. The summed E-state index contributed by atoms with van der Waals surface area (Å²) in [7, 11) is 0. The van der Waals surface area contributed by atoms with Gasteiger partial charge in [0, 0.05) is 50.2 Å². The molecule has 0 fully saturated rings. The zero-order chi connectivity index (χ0) is 37.7. The van der Waals surface area contributed by atoms with Gasteiger partial charge in [0.1, 0.15) is 22.3 Å². The molecule has 0 spiro atoms. The molecular formula is C54H35NO2. The number of furan rings is 2. The van der Waals surface area contributed by atoms with Gasteiger partial charge in [0.25, 0.3) is 0 Å². The van der Waals surface area contributed by atoms with E-state index in [-0.39, 0.29) is 0 Å². The maximum Gasteiger partial charge on any atom is 0.137 e. The Kier molecular flexibility index (Phi) is 7.82. The Morgan fingerprint density at radius 2 is 0.789 bits per heavy atom. The summed E-state index contributed by atoms with van der Waals surface area (Å²) in [5, 5.41) is 4.44. The summed E-state index contributed by atoms with van der Waals surface area (Å²) in [4.78, 5) is 2.32. The fourth-order valence-electron chi connectivity index (χ4n) is 8.36. The molecule has 2 heterocycles. The zero-order valence-electron chi connectivity index (χ0n) is 31.0. The van der Waals surface area contributed by atoms with Crippen LogP contribution in [0.2, 0.25) is 0 Å². The fourth-order valence-corrected chi connectivity index (χ4v) is 8.36. The second-order valence-corrected chi connectivity index (χ2v) is 14.5. The van der Waals surface area contributed by atoms with Crippen LogP contribution in [0, 0.1) is 0 Å². The van der Waals surface area contributed by atoms with Gasteiger partial charge >= 0.3 is 0 Å². The summed E-state index contributed by atoms with van der Waals surface area (Å²) in [6, 6.07) is 75.2. The first kappa shape index (κ1) is 32.8. The molecule has 3 heteroatoms. The van der Waals surface area contributed by atoms with Gasteiger partial charge in [-0.3, -0.25) is 0 Å². The third-order valence-corrected chi connectivity index (χ3v) is 11.1. The van der Waals surface area contributed by atoms with Crippen LogP contribution in [0.15, 0.2) is 221 Å². The molecule has 0 bridgehead atoms. The SMILES string of the molecule is c1ccc(-c2ccc(-c3c(-c4cccc(N(c5ccc(-c6ccccc6)cc5)c5ccc6c(c5)oc5ccccc56)c4)ccc4oc5ccccc5c34)cc2)cc1. The molecular weight excluding hydrogens is 695 g/mol. The van der Waals surface area contributed by atoms with Gasteiger partial charge in [-0.25, -0.2) is 0 Å². The van der Waals surface area contributed by atoms with Crippen molar-refractivity contribution in [2.75, 3.05) is 4.90 Å². The summed E-state index contributed by atoms with van der Waals surface area (Å²) >= 11 is 0. The first-order chi connectivity index (χ1) is 28.2. The Morgan fingerprint density at radius 3 is 1.51 bits per heavy atom. The van der Waals surface area contributed by atoms with Crippen LogP contribution in [0.5, 0.6) is 0 Å².